The molecule has 116 valence electrons. The highest BCUT2D eigenvalue weighted by atomic mass is 32.2. The van der Waals surface area contributed by atoms with Crippen LogP contribution in [0.25, 0.3) is 0 Å². The molecule has 0 aromatic carbocycles. The average Bonchev–Trinajstić information content (AvgIpc) is 2.42. The fourth-order valence-electron chi connectivity index (χ4n) is 1.36. The number of amides is 1. The molecule has 6 nitrogen and oxygen atoms in total. The van der Waals surface area contributed by atoms with E-state index in [-0.39, 0.29) is 18.1 Å². The van der Waals surface area contributed by atoms with Crippen molar-refractivity contribution in [3.63, 3.8) is 0 Å². The topological polar surface area (TPSA) is 96.3 Å². The minimum Gasteiger partial charge on any atom is -0.372 e. The molecule has 0 heterocycles. The van der Waals surface area contributed by atoms with Gasteiger partial charge in [-0.1, -0.05) is 25.6 Å². The summed E-state index contributed by atoms with van der Waals surface area (Å²) >= 11 is 0.994. The van der Waals surface area contributed by atoms with E-state index in [0.717, 1.165) is 11.8 Å². The molecular weight excluding hydrogens is 291 g/mol. The zero-order chi connectivity index (χ0) is 16.6. The van der Waals surface area contributed by atoms with Crippen molar-refractivity contribution in [3.8, 4) is 0 Å². The maximum Gasteiger partial charge on any atom is 0.249 e. The summed E-state index contributed by atoms with van der Waals surface area (Å²) in [6, 6.07) is 0. The summed E-state index contributed by atoms with van der Waals surface area (Å²) in [6.45, 7) is 5.18. The Bertz CT molecular complexity index is 417. The summed E-state index contributed by atoms with van der Waals surface area (Å²) in [6.07, 6.45) is -0.253. The summed E-state index contributed by atoms with van der Waals surface area (Å²) in [5, 5.41) is 8.88. The van der Waals surface area contributed by atoms with Crippen LogP contribution in [-0.2, 0) is 19.1 Å². The van der Waals surface area contributed by atoms with Crippen LogP contribution in [0, 0.1) is 5.41 Å². The van der Waals surface area contributed by atoms with Crippen LogP contribution in [0.1, 0.15) is 33.6 Å². The number of methoxy groups -OCH3 is 1. The third kappa shape index (κ3) is 6.90. The second kappa shape index (κ2) is 8.99. The van der Waals surface area contributed by atoms with E-state index in [4.69, 9.17) is 18.0 Å². The van der Waals surface area contributed by atoms with E-state index in [1.54, 1.807) is 0 Å². The lowest BCUT2D eigenvalue weighted by Gasteiger charge is -2.31. The molecule has 1 unspecified atom stereocenters. The molecule has 0 bridgehead atoms. The first-order valence-corrected chi connectivity index (χ1v) is 7.42. The minimum atomic E-state index is -1.66. The highest BCUT2D eigenvalue weighted by molar-refractivity contribution is 8.14. The molecule has 0 aliphatic heterocycles. The molecule has 21 heavy (non-hydrogen) atoms. The minimum absolute atomic E-state index is 0.00406. The van der Waals surface area contributed by atoms with Gasteiger partial charge in [0.15, 0.2) is 5.78 Å². The Labute approximate surface area is 130 Å². The van der Waals surface area contributed by atoms with Crippen molar-refractivity contribution in [1.82, 2.24) is 5.32 Å². The van der Waals surface area contributed by atoms with E-state index in [1.165, 1.54) is 14.0 Å². The van der Waals surface area contributed by atoms with Gasteiger partial charge in [-0.2, -0.15) is 0 Å². The SMILES string of the molecule is [B]C(CCC(=O)C=N)(NC(=O)[C@H](C)OC)C(=O)SC(C)C. The van der Waals surface area contributed by atoms with Gasteiger partial charge in [0.1, 0.15) is 14.0 Å². The monoisotopic (exact) mass is 312 g/mol. The number of thioether (sulfide) groups is 1. The Morgan fingerprint density at radius 1 is 1.38 bits per heavy atom. The predicted octanol–water partition coefficient (Wildman–Crippen LogP) is 0.669. The van der Waals surface area contributed by atoms with Gasteiger partial charge in [-0.25, -0.2) is 0 Å². The van der Waals surface area contributed by atoms with Crippen LogP contribution >= 0.6 is 11.8 Å². The fraction of sp³-hybridized carbons (Fsp3) is 0.692. The lowest BCUT2D eigenvalue weighted by atomic mass is 9.74. The van der Waals surface area contributed by atoms with E-state index in [9.17, 15) is 14.4 Å². The van der Waals surface area contributed by atoms with Gasteiger partial charge in [-0.15, -0.1) is 0 Å². The number of Topliss-reactive ketones (excluding diaryl/α,β-unsaturated/α-hetero) is 1. The molecular formula is C13H21BN2O4S. The van der Waals surface area contributed by atoms with Crippen molar-refractivity contribution in [3.05, 3.63) is 0 Å². The summed E-state index contributed by atoms with van der Waals surface area (Å²) in [7, 11) is 7.37. The smallest absolute Gasteiger partial charge is 0.249 e. The number of nitrogens with one attached hydrogen (secondary N) is 2. The van der Waals surface area contributed by atoms with Crippen LogP contribution < -0.4 is 5.32 Å². The second-order valence-electron chi connectivity index (χ2n) is 4.90. The largest absolute Gasteiger partial charge is 0.372 e. The molecule has 0 saturated heterocycles. The van der Waals surface area contributed by atoms with Gasteiger partial charge in [0.2, 0.25) is 11.0 Å². The van der Waals surface area contributed by atoms with Crippen molar-refractivity contribution >= 4 is 42.6 Å². The van der Waals surface area contributed by atoms with Gasteiger partial charge < -0.3 is 15.5 Å². The molecule has 0 fully saturated rings. The Hall–Kier alpha value is -1.15. The van der Waals surface area contributed by atoms with E-state index in [1.807, 2.05) is 13.8 Å². The van der Waals surface area contributed by atoms with Crippen LogP contribution in [-0.4, -0.2) is 54.8 Å². The number of carbonyl (C=O) groups excluding carboxylic acids is 3. The maximum atomic E-state index is 12.2. The molecule has 8 heteroatoms. The van der Waals surface area contributed by atoms with Crippen LogP contribution in [0.3, 0.4) is 0 Å². The van der Waals surface area contributed by atoms with Crippen LogP contribution in [0.15, 0.2) is 0 Å². The normalized spacial score (nSPS) is 15.1. The lowest BCUT2D eigenvalue weighted by molar-refractivity contribution is -0.133. The average molecular weight is 312 g/mol. The van der Waals surface area contributed by atoms with Crippen molar-refractivity contribution in [2.45, 2.75) is 50.4 Å². The maximum absolute atomic E-state index is 12.2. The predicted molar refractivity (Wildman–Crippen MR) is 83.9 cm³/mol. The number of ether oxygens (including phenoxy) is 1. The highest BCUT2D eigenvalue weighted by Crippen LogP contribution is 2.22. The quantitative estimate of drug-likeness (QED) is 0.482. The molecule has 0 spiro atoms. The number of ketones is 1. The van der Waals surface area contributed by atoms with E-state index in [2.05, 4.69) is 5.32 Å². The lowest BCUT2D eigenvalue weighted by Crippen LogP contribution is -2.57. The van der Waals surface area contributed by atoms with Crippen molar-refractivity contribution < 1.29 is 19.1 Å². The third-order valence-electron chi connectivity index (χ3n) is 2.70. The number of hydrogen-bond acceptors (Lipinski definition) is 6. The first-order chi connectivity index (χ1) is 9.66. The van der Waals surface area contributed by atoms with Crippen molar-refractivity contribution in [1.29, 1.82) is 5.41 Å². The van der Waals surface area contributed by atoms with Crippen LogP contribution in [0.4, 0.5) is 0 Å². The summed E-state index contributed by atoms with van der Waals surface area (Å²) in [5.41, 5.74) is -1.66. The van der Waals surface area contributed by atoms with E-state index < -0.39 is 28.3 Å². The second-order valence-corrected chi connectivity index (χ2v) is 6.45. The van der Waals surface area contributed by atoms with Gasteiger partial charge in [0, 0.05) is 18.8 Å². The summed E-state index contributed by atoms with van der Waals surface area (Å²) in [5.74, 6) is -0.985. The molecule has 2 N–H and O–H groups in total. The Kier molecular flexibility index (Phi) is 8.50. The first-order valence-electron chi connectivity index (χ1n) is 6.54. The summed E-state index contributed by atoms with van der Waals surface area (Å²) < 4.78 is 4.88. The highest BCUT2D eigenvalue weighted by Gasteiger charge is 2.36. The number of carbonyl (C=O) groups is 3. The van der Waals surface area contributed by atoms with Crippen LogP contribution in [0.2, 0.25) is 0 Å². The summed E-state index contributed by atoms with van der Waals surface area (Å²) in [4.78, 5) is 35.3. The fourth-order valence-corrected chi connectivity index (χ4v) is 2.15. The molecule has 2 atom stereocenters. The number of hydrogen-bond donors (Lipinski definition) is 2. The van der Waals surface area contributed by atoms with Gasteiger partial charge in [-0.3, -0.25) is 14.4 Å². The van der Waals surface area contributed by atoms with E-state index >= 15 is 0 Å². The standard InChI is InChI=1S/C13H21BN2O4S/c1-8(2)21-12(19)13(14,6-5-10(17)7-15)16-11(18)9(3)20-4/h7-9,15H,5-6H2,1-4H3,(H,16,18)/t9-,13?/m0/s1. The van der Waals surface area contributed by atoms with Gasteiger partial charge >= 0.3 is 0 Å². The van der Waals surface area contributed by atoms with Crippen molar-refractivity contribution in [2.24, 2.45) is 0 Å². The molecule has 0 aromatic rings. The molecule has 2 radical (unpaired) electrons. The molecule has 0 saturated carbocycles. The van der Waals surface area contributed by atoms with E-state index in [0.29, 0.717) is 6.21 Å². The van der Waals surface area contributed by atoms with Gasteiger partial charge in [0.25, 0.3) is 0 Å². The zero-order valence-corrected chi connectivity index (χ0v) is 13.6. The third-order valence-corrected chi connectivity index (χ3v) is 3.75. The Morgan fingerprint density at radius 2 is 1.95 bits per heavy atom. The molecule has 0 aromatic heterocycles. The molecule has 0 rings (SSSR count). The Balaban J connectivity index is 5.05. The van der Waals surface area contributed by atoms with Gasteiger partial charge in [0.05, 0.1) is 11.7 Å². The van der Waals surface area contributed by atoms with Crippen LogP contribution in [0.5, 0.6) is 0 Å². The zero-order valence-electron chi connectivity index (χ0n) is 12.8. The number of rotatable bonds is 9. The first kappa shape index (κ1) is 19.9. The Morgan fingerprint density at radius 3 is 2.38 bits per heavy atom. The van der Waals surface area contributed by atoms with Crippen molar-refractivity contribution in [2.75, 3.05) is 7.11 Å². The molecule has 0 aliphatic carbocycles. The van der Waals surface area contributed by atoms with Gasteiger partial charge in [-0.05, 0) is 13.3 Å². The molecule has 0 aliphatic rings. The molecule has 1 amide bonds.